The smallest absolute Gasteiger partial charge is 0.248 e. The zero-order chi connectivity index (χ0) is 25.5. The molecular formula is C27H24N4O3S2. The van der Waals surface area contributed by atoms with E-state index in [0.29, 0.717) is 35.8 Å². The number of nitrogens with one attached hydrogen (secondary N) is 2. The molecule has 0 unspecified atom stereocenters. The lowest BCUT2D eigenvalue weighted by Gasteiger charge is -2.25. The summed E-state index contributed by atoms with van der Waals surface area (Å²) in [6.07, 6.45) is 3.83. The lowest BCUT2D eigenvalue weighted by molar-refractivity contribution is -0.129. The van der Waals surface area contributed by atoms with Crippen molar-refractivity contribution in [3.63, 3.8) is 0 Å². The van der Waals surface area contributed by atoms with Gasteiger partial charge in [0.05, 0.1) is 17.9 Å². The van der Waals surface area contributed by atoms with E-state index in [1.165, 1.54) is 36.1 Å². The van der Waals surface area contributed by atoms with E-state index < -0.39 is 0 Å². The van der Waals surface area contributed by atoms with Gasteiger partial charge in [-0.3, -0.25) is 14.4 Å². The number of carbonyl (C=O) groups is 3. The Morgan fingerprint density at radius 3 is 2.69 bits per heavy atom. The second-order valence-corrected chi connectivity index (χ2v) is 10.3. The molecule has 3 aromatic rings. The summed E-state index contributed by atoms with van der Waals surface area (Å²) in [7, 11) is 0. The van der Waals surface area contributed by atoms with Crippen LogP contribution in [0.1, 0.15) is 28.5 Å². The zero-order valence-electron chi connectivity index (χ0n) is 19.6. The molecule has 0 spiro atoms. The molecule has 0 saturated heterocycles. The van der Waals surface area contributed by atoms with Crippen LogP contribution >= 0.6 is 23.1 Å². The lowest BCUT2D eigenvalue weighted by atomic mass is 10.0. The number of thiophene rings is 1. The fourth-order valence-corrected chi connectivity index (χ4v) is 5.76. The molecule has 0 aliphatic carbocycles. The van der Waals surface area contributed by atoms with Gasteiger partial charge in [-0.25, -0.2) is 0 Å². The molecule has 0 saturated carbocycles. The van der Waals surface area contributed by atoms with Crippen LogP contribution in [0.3, 0.4) is 0 Å². The number of fused-ring (bicyclic) bond motifs is 1. The minimum absolute atomic E-state index is 0.000167. The lowest BCUT2D eigenvalue weighted by Crippen LogP contribution is -2.33. The van der Waals surface area contributed by atoms with E-state index in [1.54, 1.807) is 17.0 Å². The third-order valence-corrected chi connectivity index (χ3v) is 7.69. The van der Waals surface area contributed by atoms with Gasteiger partial charge in [-0.15, -0.1) is 23.1 Å². The molecule has 0 fully saturated rings. The topological polar surface area (TPSA) is 102 Å². The average molecular weight is 517 g/mol. The molecule has 1 aromatic heterocycles. The number of nitriles is 1. The van der Waals surface area contributed by atoms with Gasteiger partial charge in [0, 0.05) is 35.0 Å². The highest BCUT2D eigenvalue weighted by Gasteiger charge is 2.26. The third kappa shape index (κ3) is 6.42. The first-order chi connectivity index (χ1) is 17.4. The number of carbonyl (C=O) groups excluding carboxylic acids is 3. The van der Waals surface area contributed by atoms with Crippen LogP contribution < -0.4 is 10.6 Å². The number of thioether (sulfide) groups is 1. The highest BCUT2D eigenvalue weighted by atomic mass is 32.2. The van der Waals surface area contributed by atoms with E-state index in [-0.39, 0.29) is 23.5 Å². The number of nitrogens with zero attached hydrogens (tertiary/aromatic N) is 2. The minimum atomic E-state index is -0.243. The number of anilines is 2. The molecule has 0 atom stereocenters. The first-order valence-corrected chi connectivity index (χ1v) is 13.1. The Kier molecular flexibility index (Phi) is 8.21. The zero-order valence-corrected chi connectivity index (χ0v) is 21.2. The Morgan fingerprint density at radius 2 is 1.94 bits per heavy atom. The summed E-state index contributed by atoms with van der Waals surface area (Å²) in [4.78, 5) is 40.1. The number of rotatable bonds is 7. The molecule has 2 N–H and O–H groups in total. The Hall–Kier alpha value is -3.87. The van der Waals surface area contributed by atoms with Crippen molar-refractivity contribution in [2.45, 2.75) is 24.8 Å². The normalized spacial score (nSPS) is 12.6. The Morgan fingerprint density at radius 1 is 1.14 bits per heavy atom. The molecule has 1 aliphatic heterocycles. The first-order valence-electron chi connectivity index (χ1n) is 11.3. The molecule has 2 heterocycles. The van der Waals surface area contributed by atoms with E-state index in [4.69, 9.17) is 0 Å². The second-order valence-electron chi connectivity index (χ2n) is 8.11. The van der Waals surface area contributed by atoms with Crippen LogP contribution in [0.4, 0.5) is 10.7 Å². The van der Waals surface area contributed by atoms with Gasteiger partial charge >= 0.3 is 0 Å². The predicted molar refractivity (Wildman–Crippen MR) is 144 cm³/mol. The van der Waals surface area contributed by atoms with E-state index in [0.717, 1.165) is 20.9 Å². The van der Waals surface area contributed by atoms with Crippen molar-refractivity contribution in [1.29, 1.82) is 5.26 Å². The fourth-order valence-electron chi connectivity index (χ4n) is 3.77. The van der Waals surface area contributed by atoms with E-state index in [2.05, 4.69) is 16.7 Å². The van der Waals surface area contributed by atoms with Gasteiger partial charge in [0.1, 0.15) is 11.1 Å². The highest BCUT2D eigenvalue weighted by Crippen LogP contribution is 2.37. The molecule has 9 heteroatoms. The van der Waals surface area contributed by atoms with Crippen molar-refractivity contribution in [2.75, 3.05) is 22.9 Å². The molecule has 0 bridgehead atoms. The molecule has 4 rings (SSSR count). The quantitative estimate of drug-likeness (QED) is 0.343. The molecule has 2 aromatic carbocycles. The average Bonchev–Trinajstić information content (AvgIpc) is 3.23. The molecule has 0 radical (unpaired) electrons. The maximum Gasteiger partial charge on any atom is 0.248 e. The van der Waals surface area contributed by atoms with Crippen molar-refractivity contribution >= 4 is 57.6 Å². The van der Waals surface area contributed by atoms with Crippen molar-refractivity contribution in [3.8, 4) is 6.07 Å². The Bertz CT molecular complexity index is 1360. The van der Waals surface area contributed by atoms with Crippen molar-refractivity contribution < 1.29 is 14.4 Å². The van der Waals surface area contributed by atoms with Crippen molar-refractivity contribution in [1.82, 2.24) is 4.90 Å². The van der Waals surface area contributed by atoms with Gasteiger partial charge in [0.15, 0.2) is 0 Å². The fraction of sp³-hybridized carbons (Fsp3) is 0.185. The van der Waals surface area contributed by atoms with Crippen LogP contribution in [0.2, 0.25) is 0 Å². The summed E-state index contributed by atoms with van der Waals surface area (Å²) < 4.78 is 0. The number of benzene rings is 2. The predicted octanol–water partition coefficient (Wildman–Crippen LogP) is 4.91. The monoisotopic (exact) mass is 516 g/mol. The largest absolute Gasteiger partial charge is 0.337 e. The van der Waals surface area contributed by atoms with Gasteiger partial charge in [-0.1, -0.05) is 36.4 Å². The summed E-state index contributed by atoms with van der Waals surface area (Å²) in [6, 6.07) is 19.1. The summed E-state index contributed by atoms with van der Waals surface area (Å²) >= 11 is 2.70. The molecule has 3 amide bonds. The highest BCUT2D eigenvalue weighted by molar-refractivity contribution is 8.00. The second kappa shape index (κ2) is 11.7. The maximum atomic E-state index is 12.6. The Balaban J connectivity index is 1.33. The number of amides is 3. The van der Waals surface area contributed by atoms with Crippen LogP contribution in [0.25, 0.3) is 6.08 Å². The molecule has 1 aliphatic rings. The summed E-state index contributed by atoms with van der Waals surface area (Å²) in [5.41, 5.74) is 2.98. The van der Waals surface area contributed by atoms with Crippen LogP contribution in [0, 0.1) is 11.3 Å². The van der Waals surface area contributed by atoms with E-state index in [9.17, 15) is 19.6 Å². The molecular weight excluding hydrogens is 492 g/mol. The molecule has 182 valence electrons. The number of hydrogen-bond donors (Lipinski definition) is 2. The summed E-state index contributed by atoms with van der Waals surface area (Å²) in [5.74, 6) is -0.315. The van der Waals surface area contributed by atoms with Crippen molar-refractivity contribution in [3.05, 3.63) is 82.2 Å². The summed E-state index contributed by atoms with van der Waals surface area (Å²) in [6.45, 7) is 2.57. The SMILES string of the molecule is CC(=O)N1CCc2c(sc(NC(=O)CSc3cccc(NC(=O)/C=C/c4ccccc4)c3)c2C#N)C1. The van der Waals surface area contributed by atoms with E-state index >= 15 is 0 Å². The van der Waals surface area contributed by atoms with E-state index in [1.807, 2.05) is 48.5 Å². The molecule has 36 heavy (non-hydrogen) atoms. The van der Waals surface area contributed by atoms with Crippen molar-refractivity contribution in [2.24, 2.45) is 0 Å². The Labute approximate surface area is 217 Å². The van der Waals surface area contributed by atoms with Gasteiger partial charge in [0.25, 0.3) is 0 Å². The maximum absolute atomic E-state index is 12.6. The van der Waals surface area contributed by atoms with Crippen LogP contribution in [0.15, 0.2) is 65.6 Å². The summed E-state index contributed by atoms with van der Waals surface area (Å²) in [5, 5.41) is 15.9. The third-order valence-electron chi connectivity index (χ3n) is 5.57. The standard InChI is InChI=1S/C27H24N4O3S2/c1-18(32)31-13-12-22-23(15-28)27(36-24(22)16-31)30-26(34)17-35-21-9-5-8-20(14-21)29-25(33)11-10-19-6-3-2-4-7-19/h2-11,14H,12-13,16-17H2,1H3,(H,29,33)(H,30,34)/b11-10+. The van der Waals surface area contributed by atoms with Crippen LogP contribution in [-0.2, 0) is 27.3 Å². The first kappa shape index (κ1) is 25.2. The molecule has 7 nitrogen and oxygen atoms in total. The van der Waals surface area contributed by atoms with Gasteiger partial charge < -0.3 is 15.5 Å². The van der Waals surface area contributed by atoms with Crippen LogP contribution in [-0.4, -0.2) is 34.9 Å². The number of hydrogen-bond acceptors (Lipinski definition) is 6. The minimum Gasteiger partial charge on any atom is -0.337 e. The van der Waals surface area contributed by atoms with Crippen LogP contribution in [0.5, 0.6) is 0 Å². The van der Waals surface area contributed by atoms with Gasteiger partial charge in [0.2, 0.25) is 17.7 Å². The van der Waals surface area contributed by atoms with Gasteiger partial charge in [-0.05, 0) is 41.8 Å². The van der Waals surface area contributed by atoms with Gasteiger partial charge in [-0.2, -0.15) is 5.26 Å².